The van der Waals surface area contributed by atoms with Gasteiger partial charge in [0.1, 0.15) is 17.3 Å². The number of benzene rings is 2. The zero-order valence-electron chi connectivity index (χ0n) is 17.0. The predicted octanol–water partition coefficient (Wildman–Crippen LogP) is 3.64. The van der Waals surface area contributed by atoms with E-state index in [1.54, 1.807) is 36.3 Å². The smallest absolute Gasteiger partial charge is 0.268 e. The first-order chi connectivity index (χ1) is 15.2. The highest BCUT2D eigenvalue weighted by Crippen LogP contribution is 2.47. The first kappa shape index (κ1) is 22.2. The van der Waals surface area contributed by atoms with Crippen molar-refractivity contribution in [2.75, 3.05) is 7.11 Å². The minimum absolute atomic E-state index is 0.0231. The maximum atomic E-state index is 14.1. The Labute approximate surface area is 186 Å². The van der Waals surface area contributed by atoms with Crippen LogP contribution in [0.15, 0.2) is 48.9 Å². The van der Waals surface area contributed by atoms with Crippen molar-refractivity contribution >= 4 is 46.4 Å². The van der Waals surface area contributed by atoms with Crippen molar-refractivity contribution in [1.82, 2.24) is 19.9 Å². The molecule has 166 valence electrons. The highest BCUT2D eigenvalue weighted by atomic mass is 35.5. The summed E-state index contributed by atoms with van der Waals surface area (Å²) < 4.78 is 49.1. The number of aromatic amines is 1. The summed E-state index contributed by atoms with van der Waals surface area (Å²) >= 11 is 6.14. The number of hydrogen-bond donors (Lipinski definition) is 2. The number of fused-ring (bicyclic) bond motifs is 1. The number of amides is 1. The van der Waals surface area contributed by atoms with E-state index in [1.807, 2.05) is 0 Å². The molecule has 0 aliphatic heterocycles. The molecule has 1 unspecified atom stereocenters. The Hall–Kier alpha value is -3.00. The molecule has 4 rings (SSSR count). The van der Waals surface area contributed by atoms with Crippen LogP contribution < -0.4 is 15.9 Å². The standard InChI is InChI=1S/C21H18ClF2N4O3P/c1-28-11-25-9-15(28)10-26-21(29)19-20(17-5-12(22)3-4-18(17)27-19)32(30,31-2)16-7-13(23)6-14(24)8-16/h3-9,11,27H,10H2,1-2H3,(H,26,29). The number of carbonyl (C=O) groups excluding carboxylic acids is 1. The Morgan fingerprint density at radius 2 is 1.97 bits per heavy atom. The third-order valence-corrected chi connectivity index (χ3v) is 7.79. The molecule has 1 atom stereocenters. The van der Waals surface area contributed by atoms with Gasteiger partial charge in [-0.2, -0.15) is 0 Å². The van der Waals surface area contributed by atoms with Gasteiger partial charge in [-0.3, -0.25) is 9.36 Å². The lowest BCUT2D eigenvalue weighted by atomic mass is 10.2. The number of H-pyrrole nitrogens is 1. The van der Waals surface area contributed by atoms with Crippen molar-refractivity contribution in [3.8, 4) is 0 Å². The molecule has 0 spiro atoms. The second-order valence-electron chi connectivity index (χ2n) is 7.08. The van der Waals surface area contributed by atoms with Crippen LogP contribution in [0.3, 0.4) is 0 Å². The summed E-state index contributed by atoms with van der Waals surface area (Å²) in [5.41, 5.74) is 1.14. The Bertz CT molecular complexity index is 1360. The van der Waals surface area contributed by atoms with Gasteiger partial charge in [0.25, 0.3) is 13.3 Å². The van der Waals surface area contributed by atoms with E-state index in [0.717, 1.165) is 24.9 Å². The van der Waals surface area contributed by atoms with Crippen LogP contribution >= 0.6 is 19.0 Å². The molecule has 11 heteroatoms. The van der Waals surface area contributed by atoms with Crippen molar-refractivity contribution in [2.24, 2.45) is 7.05 Å². The summed E-state index contributed by atoms with van der Waals surface area (Å²) in [6.07, 6.45) is 3.19. The molecule has 4 aromatic rings. The van der Waals surface area contributed by atoms with E-state index in [9.17, 15) is 18.1 Å². The lowest BCUT2D eigenvalue weighted by molar-refractivity contribution is 0.0947. The minimum atomic E-state index is -4.11. The molecule has 7 nitrogen and oxygen atoms in total. The number of nitrogens with zero attached hydrogens (tertiary/aromatic N) is 2. The summed E-state index contributed by atoms with van der Waals surface area (Å²) in [5, 5.41) is 3.17. The normalized spacial score (nSPS) is 13.3. The molecule has 2 N–H and O–H groups in total. The molecule has 0 saturated heterocycles. The van der Waals surface area contributed by atoms with Crippen LogP contribution in [0.1, 0.15) is 16.2 Å². The summed E-state index contributed by atoms with van der Waals surface area (Å²) in [6.45, 7) is 0.150. The molecule has 1 amide bonds. The lowest BCUT2D eigenvalue weighted by Crippen LogP contribution is -2.30. The van der Waals surface area contributed by atoms with Gasteiger partial charge in [-0.1, -0.05) is 11.6 Å². The molecular formula is C21H18ClF2N4O3P. The van der Waals surface area contributed by atoms with Crippen LogP contribution in [0.5, 0.6) is 0 Å². The Balaban J connectivity index is 1.88. The van der Waals surface area contributed by atoms with Gasteiger partial charge in [-0.15, -0.1) is 0 Å². The number of nitrogens with one attached hydrogen (secondary N) is 2. The number of hydrogen-bond acceptors (Lipinski definition) is 4. The van der Waals surface area contributed by atoms with Crippen LogP contribution in [-0.2, 0) is 22.7 Å². The second-order valence-corrected chi connectivity index (χ2v) is 9.95. The van der Waals surface area contributed by atoms with E-state index < -0.39 is 24.9 Å². The van der Waals surface area contributed by atoms with Gasteiger partial charge >= 0.3 is 0 Å². The first-order valence-corrected chi connectivity index (χ1v) is 11.4. The van der Waals surface area contributed by atoms with E-state index in [-0.39, 0.29) is 22.8 Å². The predicted molar refractivity (Wildman–Crippen MR) is 118 cm³/mol. The SMILES string of the molecule is COP(=O)(c1cc(F)cc(F)c1)c1c(C(=O)NCc2cncn2C)[nH]c2ccc(Cl)cc12. The molecule has 2 aromatic heterocycles. The fourth-order valence-corrected chi connectivity index (χ4v) is 5.83. The van der Waals surface area contributed by atoms with E-state index in [1.165, 1.54) is 6.07 Å². The molecule has 0 aliphatic rings. The molecular weight excluding hydrogens is 461 g/mol. The average molecular weight is 479 g/mol. The first-order valence-electron chi connectivity index (χ1n) is 9.40. The van der Waals surface area contributed by atoms with Crippen molar-refractivity contribution < 1.29 is 22.7 Å². The van der Waals surface area contributed by atoms with Gasteiger partial charge in [0.05, 0.1) is 23.9 Å². The minimum Gasteiger partial charge on any atom is -0.350 e. The topological polar surface area (TPSA) is 89.0 Å². The zero-order valence-corrected chi connectivity index (χ0v) is 18.7. The maximum Gasteiger partial charge on any atom is 0.268 e. The second kappa shape index (κ2) is 8.50. The Morgan fingerprint density at radius 1 is 1.25 bits per heavy atom. The number of rotatable bonds is 6. The number of halogens is 3. The molecule has 32 heavy (non-hydrogen) atoms. The van der Waals surface area contributed by atoms with Gasteiger partial charge in [0, 0.05) is 47.7 Å². The monoisotopic (exact) mass is 478 g/mol. The molecule has 2 aromatic carbocycles. The highest BCUT2D eigenvalue weighted by molar-refractivity contribution is 7.75. The van der Waals surface area contributed by atoms with Gasteiger partial charge in [-0.05, 0) is 30.3 Å². The summed E-state index contributed by atoms with van der Waals surface area (Å²) in [6, 6.07) is 7.24. The molecule has 0 aliphatic carbocycles. The van der Waals surface area contributed by atoms with Crippen LogP contribution in [0.4, 0.5) is 8.78 Å². The Morgan fingerprint density at radius 3 is 2.59 bits per heavy atom. The third-order valence-electron chi connectivity index (χ3n) is 5.05. The van der Waals surface area contributed by atoms with Crippen LogP contribution in [0.2, 0.25) is 5.02 Å². The number of carbonyl (C=O) groups is 1. The third kappa shape index (κ3) is 3.95. The molecule has 0 radical (unpaired) electrons. The van der Waals surface area contributed by atoms with E-state index in [0.29, 0.717) is 22.0 Å². The maximum absolute atomic E-state index is 14.1. The van der Waals surface area contributed by atoms with Crippen LogP contribution in [0.25, 0.3) is 10.9 Å². The van der Waals surface area contributed by atoms with Crippen LogP contribution in [0, 0.1) is 11.6 Å². The summed E-state index contributed by atoms with van der Waals surface area (Å²) in [5.74, 6) is -2.42. The molecule has 0 saturated carbocycles. The largest absolute Gasteiger partial charge is 0.350 e. The average Bonchev–Trinajstić information content (AvgIpc) is 3.34. The van der Waals surface area contributed by atoms with Crippen molar-refractivity contribution in [3.63, 3.8) is 0 Å². The summed E-state index contributed by atoms with van der Waals surface area (Å²) in [7, 11) is -1.17. The Kier molecular flexibility index (Phi) is 5.90. The van der Waals surface area contributed by atoms with Gasteiger partial charge in [0.15, 0.2) is 0 Å². The number of imidazole rings is 1. The number of aryl methyl sites for hydroxylation is 1. The molecule has 2 heterocycles. The number of aromatic nitrogens is 3. The van der Waals surface area contributed by atoms with E-state index in [2.05, 4.69) is 15.3 Å². The molecule has 0 bridgehead atoms. The summed E-state index contributed by atoms with van der Waals surface area (Å²) in [4.78, 5) is 20.1. The van der Waals surface area contributed by atoms with Gasteiger partial charge in [0.2, 0.25) is 0 Å². The van der Waals surface area contributed by atoms with E-state index >= 15 is 0 Å². The van der Waals surface area contributed by atoms with Crippen LogP contribution in [-0.4, -0.2) is 27.6 Å². The van der Waals surface area contributed by atoms with Gasteiger partial charge in [-0.25, -0.2) is 13.8 Å². The van der Waals surface area contributed by atoms with Crippen molar-refractivity contribution in [1.29, 1.82) is 0 Å². The van der Waals surface area contributed by atoms with E-state index in [4.69, 9.17) is 16.1 Å². The van der Waals surface area contributed by atoms with Crippen molar-refractivity contribution in [2.45, 2.75) is 6.54 Å². The van der Waals surface area contributed by atoms with Crippen molar-refractivity contribution in [3.05, 3.63) is 77.0 Å². The highest BCUT2D eigenvalue weighted by Gasteiger charge is 2.36. The molecule has 0 fully saturated rings. The lowest BCUT2D eigenvalue weighted by Gasteiger charge is -2.18. The zero-order chi connectivity index (χ0) is 23.0. The fraction of sp³-hybridized carbons (Fsp3) is 0.143. The fourth-order valence-electron chi connectivity index (χ4n) is 3.47. The quantitative estimate of drug-likeness (QED) is 0.414. The van der Waals surface area contributed by atoms with Gasteiger partial charge < -0.3 is 19.4 Å².